The summed E-state index contributed by atoms with van der Waals surface area (Å²) in [5.41, 5.74) is 2.05. The van der Waals surface area contributed by atoms with E-state index in [-0.39, 0.29) is 22.4 Å². The van der Waals surface area contributed by atoms with Crippen LogP contribution < -0.4 is 0 Å². The molecule has 0 bridgehead atoms. The van der Waals surface area contributed by atoms with Gasteiger partial charge in [0.1, 0.15) is 11.4 Å². The molecular formula is C27H17Cl2N3O3S. The number of halogens is 2. The SMILES string of the molecule is O=C1S/C(=C\c2cc(N=Nc3ccc(Cl)cc3Cl)ccc2O)C(=O)N1Cc1ccc2ccccc2c1. The molecule has 4 aromatic rings. The minimum absolute atomic E-state index is 0.0557. The number of thioether (sulfide) groups is 1. The van der Waals surface area contributed by atoms with Crippen molar-refractivity contribution in [2.45, 2.75) is 6.54 Å². The number of hydrogen-bond acceptors (Lipinski definition) is 6. The standard InChI is InChI=1S/C27H17Cl2N3O3S/c28-20-7-9-23(22(29)14-20)31-30-21-8-10-24(33)19(12-21)13-25-26(34)32(27(35)36-25)15-16-5-6-17-3-1-2-4-18(17)11-16/h1-14,33H,15H2/b25-13-,31-30?. The number of aromatic hydroxyl groups is 1. The summed E-state index contributed by atoms with van der Waals surface area (Å²) in [6.07, 6.45) is 1.48. The number of rotatable bonds is 5. The van der Waals surface area contributed by atoms with E-state index < -0.39 is 5.91 Å². The molecule has 0 saturated carbocycles. The molecule has 1 aliphatic rings. The Bertz CT molecular complexity index is 1590. The van der Waals surface area contributed by atoms with Gasteiger partial charge < -0.3 is 5.11 Å². The minimum Gasteiger partial charge on any atom is -0.507 e. The fourth-order valence-electron chi connectivity index (χ4n) is 3.69. The lowest BCUT2D eigenvalue weighted by molar-refractivity contribution is -0.123. The van der Waals surface area contributed by atoms with Crippen molar-refractivity contribution in [1.29, 1.82) is 0 Å². The molecule has 0 radical (unpaired) electrons. The highest BCUT2D eigenvalue weighted by Crippen LogP contribution is 2.36. The zero-order valence-electron chi connectivity index (χ0n) is 18.6. The van der Waals surface area contributed by atoms with Crippen LogP contribution in [0.1, 0.15) is 11.1 Å². The quantitative estimate of drug-likeness (QED) is 0.206. The summed E-state index contributed by atoms with van der Waals surface area (Å²) >= 11 is 12.9. The van der Waals surface area contributed by atoms with Crippen molar-refractivity contribution in [1.82, 2.24) is 4.90 Å². The Morgan fingerprint density at radius 2 is 1.69 bits per heavy atom. The van der Waals surface area contributed by atoms with Crippen LogP contribution in [0.25, 0.3) is 16.8 Å². The molecule has 0 atom stereocenters. The van der Waals surface area contributed by atoms with Gasteiger partial charge in [0, 0.05) is 10.6 Å². The smallest absolute Gasteiger partial charge is 0.293 e. The Morgan fingerprint density at radius 3 is 2.50 bits per heavy atom. The van der Waals surface area contributed by atoms with Crippen LogP contribution in [0.15, 0.2) is 94.0 Å². The second-order valence-electron chi connectivity index (χ2n) is 7.99. The van der Waals surface area contributed by atoms with Gasteiger partial charge in [-0.1, -0.05) is 59.6 Å². The molecule has 0 aromatic heterocycles. The number of nitrogens with zero attached hydrogens (tertiary/aromatic N) is 3. The van der Waals surface area contributed by atoms with Crippen molar-refractivity contribution in [2.75, 3.05) is 0 Å². The molecular weight excluding hydrogens is 517 g/mol. The van der Waals surface area contributed by atoms with Gasteiger partial charge >= 0.3 is 0 Å². The van der Waals surface area contributed by atoms with Crippen LogP contribution in [-0.4, -0.2) is 21.2 Å². The lowest BCUT2D eigenvalue weighted by Crippen LogP contribution is -2.27. The van der Waals surface area contributed by atoms with E-state index in [1.165, 1.54) is 17.0 Å². The van der Waals surface area contributed by atoms with Crippen LogP contribution >= 0.6 is 35.0 Å². The van der Waals surface area contributed by atoms with Gasteiger partial charge in [-0.15, -0.1) is 5.11 Å². The fraction of sp³-hybridized carbons (Fsp3) is 0.0370. The predicted molar refractivity (Wildman–Crippen MR) is 144 cm³/mol. The van der Waals surface area contributed by atoms with Gasteiger partial charge in [-0.25, -0.2) is 0 Å². The van der Waals surface area contributed by atoms with Gasteiger partial charge in [0.15, 0.2) is 0 Å². The minimum atomic E-state index is -0.419. The molecule has 1 N–H and O–H groups in total. The second kappa shape index (κ2) is 10.1. The number of carbonyl (C=O) groups is 2. The highest BCUT2D eigenvalue weighted by Gasteiger charge is 2.35. The molecule has 5 rings (SSSR count). The van der Waals surface area contributed by atoms with Crippen LogP contribution in [0.2, 0.25) is 10.0 Å². The summed E-state index contributed by atoms with van der Waals surface area (Å²) in [7, 11) is 0. The number of benzene rings is 4. The molecule has 4 aromatic carbocycles. The number of hydrogen-bond donors (Lipinski definition) is 1. The first-order chi connectivity index (χ1) is 17.4. The molecule has 178 valence electrons. The van der Waals surface area contributed by atoms with E-state index >= 15 is 0 Å². The first-order valence-corrected chi connectivity index (χ1v) is 12.4. The summed E-state index contributed by atoms with van der Waals surface area (Å²) < 4.78 is 0. The average Bonchev–Trinajstić information content (AvgIpc) is 3.12. The Labute approximate surface area is 220 Å². The summed E-state index contributed by atoms with van der Waals surface area (Å²) in [5, 5.41) is 21.2. The Kier molecular flexibility index (Phi) is 6.78. The first-order valence-electron chi connectivity index (χ1n) is 10.8. The summed E-state index contributed by atoms with van der Waals surface area (Å²) in [4.78, 5) is 27.1. The number of phenolic OH excluding ortho intramolecular Hbond substituents is 1. The van der Waals surface area contributed by atoms with E-state index in [1.54, 1.807) is 30.3 Å². The van der Waals surface area contributed by atoms with Crippen LogP contribution in [0.4, 0.5) is 16.2 Å². The Morgan fingerprint density at radius 1 is 0.889 bits per heavy atom. The molecule has 0 spiro atoms. The molecule has 9 heteroatoms. The van der Waals surface area contributed by atoms with Crippen LogP contribution in [0, 0.1) is 0 Å². The molecule has 2 amide bonds. The van der Waals surface area contributed by atoms with Gasteiger partial charge in [-0.05, 0) is 76.6 Å². The van der Waals surface area contributed by atoms with Crippen molar-refractivity contribution in [3.63, 3.8) is 0 Å². The average molecular weight is 534 g/mol. The normalized spacial score (nSPS) is 15.1. The Hall–Kier alpha value is -3.65. The number of imide groups is 1. The van der Waals surface area contributed by atoms with Crippen LogP contribution in [0.5, 0.6) is 5.75 Å². The number of amides is 2. The molecule has 0 aliphatic carbocycles. The maximum atomic E-state index is 13.0. The number of fused-ring (bicyclic) bond motifs is 1. The lowest BCUT2D eigenvalue weighted by atomic mass is 10.1. The van der Waals surface area contributed by atoms with Crippen molar-refractivity contribution < 1.29 is 14.7 Å². The molecule has 1 saturated heterocycles. The van der Waals surface area contributed by atoms with Crippen molar-refractivity contribution in [3.8, 4) is 5.75 Å². The molecule has 6 nitrogen and oxygen atoms in total. The number of phenols is 1. The molecule has 36 heavy (non-hydrogen) atoms. The van der Waals surface area contributed by atoms with Gasteiger partial charge in [0.05, 0.1) is 22.2 Å². The third-order valence-corrected chi connectivity index (χ3v) is 6.95. The zero-order valence-corrected chi connectivity index (χ0v) is 20.9. The monoisotopic (exact) mass is 533 g/mol. The largest absolute Gasteiger partial charge is 0.507 e. The van der Waals surface area contributed by atoms with E-state index in [2.05, 4.69) is 10.2 Å². The third kappa shape index (κ3) is 5.14. The predicted octanol–water partition coefficient (Wildman–Crippen LogP) is 8.50. The second-order valence-corrected chi connectivity index (χ2v) is 9.83. The first kappa shape index (κ1) is 24.1. The van der Waals surface area contributed by atoms with E-state index in [0.717, 1.165) is 28.1 Å². The molecule has 1 fully saturated rings. The number of azo groups is 1. The maximum absolute atomic E-state index is 13.0. The van der Waals surface area contributed by atoms with Crippen LogP contribution in [-0.2, 0) is 11.3 Å². The summed E-state index contributed by atoms with van der Waals surface area (Å²) in [6, 6.07) is 23.2. The maximum Gasteiger partial charge on any atom is 0.293 e. The highest BCUT2D eigenvalue weighted by atomic mass is 35.5. The molecule has 1 heterocycles. The zero-order chi connectivity index (χ0) is 25.2. The lowest BCUT2D eigenvalue weighted by Gasteiger charge is -2.13. The summed E-state index contributed by atoms with van der Waals surface area (Å²) in [6.45, 7) is 0.162. The van der Waals surface area contributed by atoms with Gasteiger partial charge in [-0.3, -0.25) is 14.5 Å². The van der Waals surface area contributed by atoms with Gasteiger partial charge in [0.25, 0.3) is 11.1 Å². The van der Waals surface area contributed by atoms with Crippen molar-refractivity contribution >= 4 is 74.3 Å². The number of carbonyl (C=O) groups excluding carboxylic acids is 2. The van der Waals surface area contributed by atoms with Crippen molar-refractivity contribution in [3.05, 3.63) is 105 Å². The van der Waals surface area contributed by atoms with Crippen LogP contribution in [0.3, 0.4) is 0 Å². The van der Waals surface area contributed by atoms with E-state index in [4.69, 9.17) is 23.2 Å². The van der Waals surface area contributed by atoms with Crippen molar-refractivity contribution in [2.24, 2.45) is 10.2 Å². The topological polar surface area (TPSA) is 82.3 Å². The Balaban J connectivity index is 1.37. The van der Waals surface area contributed by atoms with E-state index in [1.807, 2.05) is 42.5 Å². The highest BCUT2D eigenvalue weighted by molar-refractivity contribution is 8.18. The van der Waals surface area contributed by atoms with E-state index in [9.17, 15) is 14.7 Å². The van der Waals surface area contributed by atoms with E-state index in [0.29, 0.717) is 27.0 Å². The van der Waals surface area contributed by atoms with Gasteiger partial charge in [0.2, 0.25) is 0 Å². The third-order valence-electron chi connectivity index (χ3n) is 5.51. The van der Waals surface area contributed by atoms with Gasteiger partial charge in [-0.2, -0.15) is 5.11 Å². The molecule has 1 aliphatic heterocycles. The fourth-order valence-corrected chi connectivity index (χ4v) is 4.97. The summed E-state index contributed by atoms with van der Waals surface area (Å²) in [5.74, 6) is -0.475. The molecule has 0 unspecified atom stereocenters.